The molecule has 0 aromatic rings. The first-order valence-corrected chi connectivity index (χ1v) is 7.18. The Balaban J connectivity index is 4.64. The molecule has 5 N–H and O–H groups in total. The molecule has 0 heterocycles. The minimum Gasteiger partial charge on any atom is -0.480 e. The monoisotopic (exact) mass is 349 g/mol. The molecule has 0 aliphatic heterocycles. The third kappa shape index (κ3) is 10.5. The van der Waals surface area contributed by atoms with Crippen molar-refractivity contribution in [2.45, 2.75) is 13.0 Å². The van der Waals surface area contributed by atoms with Gasteiger partial charge in [-0.15, -0.1) is 0 Å². The quantitative estimate of drug-likeness (QED) is 0.218. The maximum absolute atomic E-state index is 11.1. The van der Waals surface area contributed by atoms with E-state index in [-0.39, 0.29) is 32.7 Å². The number of nitrogens with zero attached hydrogens (tertiary/aromatic N) is 2. The lowest BCUT2D eigenvalue weighted by Crippen LogP contribution is -2.47. The van der Waals surface area contributed by atoms with Crippen molar-refractivity contribution in [1.82, 2.24) is 15.1 Å². The van der Waals surface area contributed by atoms with Crippen LogP contribution in [-0.4, -0.2) is 106 Å². The highest BCUT2D eigenvalue weighted by Gasteiger charge is 2.22. The van der Waals surface area contributed by atoms with Crippen molar-refractivity contribution in [2.75, 3.05) is 45.8 Å². The summed E-state index contributed by atoms with van der Waals surface area (Å²) in [4.78, 5) is 45.7. The molecule has 0 fully saturated rings. The van der Waals surface area contributed by atoms with Crippen molar-refractivity contribution >= 4 is 23.9 Å². The van der Waals surface area contributed by atoms with Gasteiger partial charge in [0.2, 0.25) is 0 Å². The number of aliphatic carboxylic acids is 4. The number of rotatable bonds is 14. The fourth-order valence-corrected chi connectivity index (χ4v) is 1.94. The van der Waals surface area contributed by atoms with Crippen molar-refractivity contribution in [1.29, 1.82) is 0 Å². The van der Waals surface area contributed by atoms with Crippen LogP contribution < -0.4 is 5.32 Å². The minimum absolute atomic E-state index is 0.0507. The largest absolute Gasteiger partial charge is 0.480 e. The lowest BCUT2D eigenvalue weighted by Gasteiger charge is -2.29. The lowest BCUT2D eigenvalue weighted by molar-refractivity contribution is -0.145. The molecule has 138 valence electrons. The zero-order chi connectivity index (χ0) is 18.7. The molecule has 0 aliphatic rings. The number of hydrogen-bond donors (Lipinski definition) is 5. The van der Waals surface area contributed by atoms with Crippen molar-refractivity contribution in [3.63, 3.8) is 0 Å². The predicted octanol–water partition coefficient (Wildman–Crippen LogP) is -2.09. The summed E-state index contributed by atoms with van der Waals surface area (Å²) in [7, 11) is 0. The fourth-order valence-electron chi connectivity index (χ4n) is 1.94. The highest BCUT2D eigenvalue weighted by Crippen LogP contribution is 2.00. The maximum Gasteiger partial charge on any atom is 0.320 e. The number of carbonyl (C=O) groups is 4. The number of carboxylic acid groups (broad SMARTS) is 4. The van der Waals surface area contributed by atoms with Gasteiger partial charge in [0.1, 0.15) is 6.04 Å². The van der Waals surface area contributed by atoms with Crippen LogP contribution in [0, 0.1) is 0 Å². The Morgan fingerprint density at radius 1 is 0.875 bits per heavy atom. The van der Waals surface area contributed by atoms with Crippen LogP contribution in [0.4, 0.5) is 0 Å². The van der Waals surface area contributed by atoms with Crippen LogP contribution in [0.25, 0.3) is 0 Å². The highest BCUT2D eigenvalue weighted by molar-refractivity contribution is 5.73. The molecule has 0 amide bonds. The molecule has 0 aromatic carbocycles. The van der Waals surface area contributed by atoms with Gasteiger partial charge in [-0.3, -0.25) is 29.0 Å². The molecule has 1 atom stereocenters. The third-order valence-corrected chi connectivity index (χ3v) is 3.18. The summed E-state index contributed by atoms with van der Waals surface area (Å²) in [6.45, 7) is 0.851. The second-order valence-electron chi connectivity index (χ2n) is 5.12. The summed E-state index contributed by atoms with van der Waals surface area (Å²) in [6.07, 6.45) is 0. The van der Waals surface area contributed by atoms with Crippen LogP contribution in [-0.2, 0) is 19.2 Å². The van der Waals surface area contributed by atoms with Gasteiger partial charge in [0, 0.05) is 26.2 Å². The van der Waals surface area contributed by atoms with Crippen LogP contribution >= 0.6 is 0 Å². The Bertz CT molecular complexity index is 440. The summed E-state index contributed by atoms with van der Waals surface area (Å²) in [6, 6.07) is -0.881. The second-order valence-corrected chi connectivity index (χ2v) is 5.12. The highest BCUT2D eigenvalue weighted by atomic mass is 16.4. The molecule has 0 spiro atoms. The summed E-state index contributed by atoms with van der Waals surface area (Å²) < 4.78 is 0. The van der Waals surface area contributed by atoms with E-state index in [1.165, 1.54) is 16.7 Å². The van der Waals surface area contributed by atoms with Crippen LogP contribution in [0.3, 0.4) is 0 Å². The van der Waals surface area contributed by atoms with Gasteiger partial charge in [0.05, 0.1) is 19.6 Å². The van der Waals surface area contributed by atoms with Crippen molar-refractivity contribution in [3.8, 4) is 0 Å². The summed E-state index contributed by atoms with van der Waals surface area (Å²) in [5.74, 6) is -4.49. The van der Waals surface area contributed by atoms with E-state index in [1.54, 1.807) is 0 Å². The van der Waals surface area contributed by atoms with Gasteiger partial charge in [-0.2, -0.15) is 0 Å². The predicted molar refractivity (Wildman–Crippen MR) is 80.9 cm³/mol. The smallest absolute Gasteiger partial charge is 0.320 e. The fraction of sp³-hybridized carbons (Fsp3) is 0.692. The molecule has 24 heavy (non-hydrogen) atoms. The molecule has 11 nitrogen and oxygen atoms in total. The van der Waals surface area contributed by atoms with Crippen LogP contribution in [0.5, 0.6) is 0 Å². The average molecular weight is 349 g/mol. The van der Waals surface area contributed by atoms with E-state index in [1.807, 2.05) is 0 Å². The van der Waals surface area contributed by atoms with E-state index in [0.29, 0.717) is 0 Å². The van der Waals surface area contributed by atoms with Crippen LogP contribution in [0.15, 0.2) is 0 Å². The molecule has 0 radical (unpaired) electrons. The number of nitrogens with one attached hydrogen (secondary N) is 1. The first-order chi connectivity index (χ1) is 11.1. The first kappa shape index (κ1) is 21.8. The van der Waals surface area contributed by atoms with E-state index in [9.17, 15) is 19.2 Å². The summed E-state index contributed by atoms with van der Waals surface area (Å²) in [5.41, 5.74) is 0. The van der Waals surface area contributed by atoms with E-state index < -0.39 is 43.0 Å². The van der Waals surface area contributed by atoms with Gasteiger partial charge in [0.15, 0.2) is 0 Å². The molecule has 0 saturated heterocycles. The van der Waals surface area contributed by atoms with Crippen LogP contribution in [0.2, 0.25) is 0 Å². The van der Waals surface area contributed by atoms with Crippen molar-refractivity contribution in [3.05, 3.63) is 0 Å². The topological polar surface area (TPSA) is 168 Å². The summed E-state index contributed by atoms with van der Waals surface area (Å²) in [5, 5.41) is 37.8. The molecule has 0 bridgehead atoms. The molecule has 11 heteroatoms. The van der Waals surface area contributed by atoms with Crippen molar-refractivity contribution in [2.24, 2.45) is 0 Å². The van der Waals surface area contributed by atoms with Crippen LogP contribution in [0.1, 0.15) is 6.92 Å². The van der Waals surface area contributed by atoms with Gasteiger partial charge in [-0.1, -0.05) is 0 Å². The van der Waals surface area contributed by atoms with Gasteiger partial charge >= 0.3 is 23.9 Å². The zero-order valence-corrected chi connectivity index (χ0v) is 13.3. The number of carboxylic acids is 4. The van der Waals surface area contributed by atoms with Gasteiger partial charge < -0.3 is 25.7 Å². The first-order valence-electron chi connectivity index (χ1n) is 7.18. The Labute approximate surface area is 138 Å². The van der Waals surface area contributed by atoms with Gasteiger partial charge in [-0.25, -0.2) is 0 Å². The maximum atomic E-state index is 11.1. The third-order valence-electron chi connectivity index (χ3n) is 3.18. The standard InChI is InChI=1S/C13H23N3O8/c1-9(13(23)24)16(3-2-14-6-10(17)18)5-4-15(7-11(19)20)8-12(21)22/h9,14H,2-8H2,1H3,(H,17,18)(H,19,20)(H,21,22)(H,23,24)/t9-/m0/s1. The molecular weight excluding hydrogens is 326 g/mol. The molecular formula is C13H23N3O8. The second kappa shape index (κ2) is 11.3. The molecule has 0 aromatic heterocycles. The molecule has 0 aliphatic carbocycles. The van der Waals surface area contributed by atoms with E-state index in [0.717, 1.165) is 0 Å². The normalized spacial score (nSPS) is 12.3. The Morgan fingerprint density at radius 2 is 1.42 bits per heavy atom. The Morgan fingerprint density at radius 3 is 1.83 bits per heavy atom. The Hall–Kier alpha value is -2.24. The zero-order valence-electron chi connectivity index (χ0n) is 13.3. The van der Waals surface area contributed by atoms with E-state index in [2.05, 4.69) is 5.32 Å². The SMILES string of the molecule is C[C@@H](C(=O)O)N(CCNCC(=O)O)CCN(CC(=O)O)CC(=O)O. The molecule has 0 unspecified atom stereocenters. The van der Waals surface area contributed by atoms with Gasteiger partial charge in [0.25, 0.3) is 0 Å². The Kier molecular flexibility index (Phi) is 10.3. The van der Waals surface area contributed by atoms with Gasteiger partial charge in [-0.05, 0) is 6.92 Å². The average Bonchev–Trinajstić information content (AvgIpc) is 2.43. The van der Waals surface area contributed by atoms with E-state index >= 15 is 0 Å². The number of hydrogen-bond acceptors (Lipinski definition) is 7. The lowest BCUT2D eigenvalue weighted by atomic mass is 10.2. The summed E-state index contributed by atoms with van der Waals surface area (Å²) >= 11 is 0. The minimum atomic E-state index is -1.18. The van der Waals surface area contributed by atoms with Crippen molar-refractivity contribution < 1.29 is 39.6 Å². The van der Waals surface area contributed by atoms with E-state index in [4.69, 9.17) is 20.4 Å². The molecule has 0 saturated carbocycles. The molecule has 0 rings (SSSR count).